The molecule has 1 aliphatic carbocycles. The summed E-state index contributed by atoms with van der Waals surface area (Å²) in [5.41, 5.74) is 2.91. The lowest BCUT2D eigenvalue weighted by Crippen LogP contribution is -2.29. The summed E-state index contributed by atoms with van der Waals surface area (Å²) >= 11 is 0. The summed E-state index contributed by atoms with van der Waals surface area (Å²) in [5, 5.41) is 3.09. The van der Waals surface area contributed by atoms with Crippen LogP contribution in [0.4, 0.5) is 0 Å². The van der Waals surface area contributed by atoms with Crippen molar-refractivity contribution < 1.29 is 4.79 Å². The molecule has 1 amide bonds. The lowest BCUT2D eigenvalue weighted by atomic mass is 9.83. The van der Waals surface area contributed by atoms with Crippen molar-refractivity contribution in [1.29, 1.82) is 0 Å². The molecule has 0 heterocycles. The van der Waals surface area contributed by atoms with E-state index in [1.807, 2.05) is 0 Å². The smallest absolute Gasteiger partial charge is 0.220 e. The van der Waals surface area contributed by atoms with Crippen LogP contribution in [-0.4, -0.2) is 12.5 Å². The number of aryl methyl sites for hydroxylation is 1. The van der Waals surface area contributed by atoms with Crippen molar-refractivity contribution in [1.82, 2.24) is 5.32 Å². The predicted octanol–water partition coefficient (Wildman–Crippen LogP) is 3.41. The van der Waals surface area contributed by atoms with Gasteiger partial charge in [0.1, 0.15) is 0 Å². The molecule has 2 heteroatoms. The van der Waals surface area contributed by atoms with Gasteiger partial charge in [-0.15, -0.1) is 0 Å². The number of unbranched alkanes of at least 4 members (excludes halogenated alkanes) is 1. The highest BCUT2D eigenvalue weighted by molar-refractivity contribution is 5.75. The molecule has 0 saturated carbocycles. The number of benzene rings is 1. The van der Waals surface area contributed by atoms with E-state index in [0.29, 0.717) is 12.3 Å². The number of nitrogens with one attached hydrogen (secondary N) is 1. The summed E-state index contributed by atoms with van der Waals surface area (Å²) in [5.74, 6) is 0.723. The van der Waals surface area contributed by atoms with E-state index < -0.39 is 0 Å². The molecular weight excluding hydrogens is 222 g/mol. The first kappa shape index (κ1) is 13.1. The molecule has 18 heavy (non-hydrogen) atoms. The minimum absolute atomic E-state index is 0.208. The van der Waals surface area contributed by atoms with Crippen molar-refractivity contribution in [2.24, 2.45) is 0 Å². The van der Waals surface area contributed by atoms with Gasteiger partial charge in [0.05, 0.1) is 0 Å². The van der Waals surface area contributed by atoms with E-state index in [9.17, 15) is 4.79 Å². The van der Waals surface area contributed by atoms with Crippen molar-refractivity contribution in [3.63, 3.8) is 0 Å². The Balaban J connectivity index is 1.89. The minimum Gasteiger partial charge on any atom is -0.355 e. The molecular formula is C16H23NO. The van der Waals surface area contributed by atoms with Gasteiger partial charge in [-0.05, 0) is 36.8 Å². The molecule has 2 rings (SSSR count). The maximum absolute atomic E-state index is 11.6. The molecule has 1 atom stereocenters. The van der Waals surface area contributed by atoms with E-state index >= 15 is 0 Å². The molecule has 1 aromatic rings. The first-order chi connectivity index (χ1) is 8.81. The highest BCUT2D eigenvalue weighted by Gasteiger charge is 2.19. The van der Waals surface area contributed by atoms with E-state index in [1.54, 1.807) is 0 Å². The predicted molar refractivity (Wildman–Crippen MR) is 74.7 cm³/mol. The minimum atomic E-state index is 0.208. The zero-order chi connectivity index (χ0) is 12.8. The van der Waals surface area contributed by atoms with Gasteiger partial charge in [0.2, 0.25) is 5.91 Å². The lowest BCUT2D eigenvalue weighted by Gasteiger charge is -2.25. The molecule has 0 aromatic heterocycles. The van der Waals surface area contributed by atoms with Crippen LogP contribution in [0.3, 0.4) is 0 Å². The van der Waals surface area contributed by atoms with Crippen molar-refractivity contribution in [2.75, 3.05) is 6.54 Å². The van der Waals surface area contributed by atoms with Gasteiger partial charge in [-0.1, -0.05) is 37.6 Å². The Bertz CT molecular complexity index is 400. The fourth-order valence-electron chi connectivity index (χ4n) is 2.73. The van der Waals surface area contributed by atoms with Crippen LogP contribution < -0.4 is 5.32 Å². The third-order valence-electron chi connectivity index (χ3n) is 3.80. The second-order valence-electron chi connectivity index (χ2n) is 5.20. The third-order valence-corrected chi connectivity index (χ3v) is 3.80. The standard InChI is InChI=1S/C16H23NO/c1-2-3-11-16(18)17-12-14-9-6-8-13-7-4-5-10-15(13)14/h4-5,7,10,14H,2-3,6,8-9,11-12H2,1H3,(H,17,18). The summed E-state index contributed by atoms with van der Waals surface area (Å²) < 4.78 is 0. The van der Waals surface area contributed by atoms with Gasteiger partial charge in [-0.2, -0.15) is 0 Å². The van der Waals surface area contributed by atoms with Gasteiger partial charge in [-0.25, -0.2) is 0 Å². The summed E-state index contributed by atoms with van der Waals surface area (Å²) in [7, 11) is 0. The molecule has 2 nitrogen and oxygen atoms in total. The van der Waals surface area contributed by atoms with E-state index in [1.165, 1.54) is 30.4 Å². The second kappa shape index (κ2) is 6.58. The molecule has 1 aromatic carbocycles. The van der Waals surface area contributed by atoms with Crippen LogP contribution in [0.2, 0.25) is 0 Å². The number of hydrogen-bond acceptors (Lipinski definition) is 1. The molecule has 0 spiro atoms. The Morgan fingerprint density at radius 3 is 3.06 bits per heavy atom. The van der Waals surface area contributed by atoms with Crippen molar-refractivity contribution >= 4 is 5.91 Å². The molecule has 0 aliphatic heterocycles. The largest absolute Gasteiger partial charge is 0.355 e. The Kier molecular flexibility index (Phi) is 4.80. The SMILES string of the molecule is CCCCC(=O)NCC1CCCc2ccccc21. The maximum atomic E-state index is 11.6. The lowest BCUT2D eigenvalue weighted by molar-refractivity contribution is -0.121. The van der Waals surface area contributed by atoms with Crippen molar-refractivity contribution in [3.8, 4) is 0 Å². The van der Waals surface area contributed by atoms with Crippen LogP contribution in [0, 0.1) is 0 Å². The quantitative estimate of drug-likeness (QED) is 0.846. The topological polar surface area (TPSA) is 29.1 Å². The van der Waals surface area contributed by atoms with Crippen LogP contribution in [0.15, 0.2) is 24.3 Å². The van der Waals surface area contributed by atoms with E-state index in [2.05, 4.69) is 36.5 Å². The summed E-state index contributed by atoms with van der Waals surface area (Å²) in [6, 6.07) is 8.66. The Hall–Kier alpha value is -1.31. The number of rotatable bonds is 5. The molecule has 98 valence electrons. The maximum Gasteiger partial charge on any atom is 0.220 e. The van der Waals surface area contributed by atoms with Crippen LogP contribution in [0.5, 0.6) is 0 Å². The van der Waals surface area contributed by atoms with Gasteiger partial charge in [0.25, 0.3) is 0 Å². The summed E-state index contributed by atoms with van der Waals surface area (Å²) in [6.07, 6.45) is 6.38. The highest BCUT2D eigenvalue weighted by atomic mass is 16.1. The first-order valence-corrected chi connectivity index (χ1v) is 7.15. The third kappa shape index (κ3) is 3.34. The Morgan fingerprint density at radius 2 is 2.22 bits per heavy atom. The second-order valence-corrected chi connectivity index (χ2v) is 5.20. The van der Waals surface area contributed by atoms with E-state index in [-0.39, 0.29) is 5.91 Å². The number of carbonyl (C=O) groups excluding carboxylic acids is 1. The molecule has 1 unspecified atom stereocenters. The summed E-state index contributed by atoms with van der Waals surface area (Å²) in [4.78, 5) is 11.6. The molecule has 0 saturated heterocycles. The molecule has 0 fully saturated rings. The Labute approximate surface area is 110 Å². The van der Waals surface area contributed by atoms with Gasteiger partial charge in [-0.3, -0.25) is 4.79 Å². The number of amides is 1. The monoisotopic (exact) mass is 245 g/mol. The van der Waals surface area contributed by atoms with Crippen LogP contribution in [0.25, 0.3) is 0 Å². The average molecular weight is 245 g/mol. The van der Waals surface area contributed by atoms with Gasteiger partial charge in [0, 0.05) is 18.9 Å². The normalized spacial score (nSPS) is 18.2. The van der Waals surface area contributed by atoms with Gasteiger partial charge >= 0.3 is 0 Å². The Morgan fingerprint density at radius 1 is 1.39 bits per heavy atom. The summed E-state index contributed by atoms with van der Waals surface area (Å²) in [6.45, 7) is 2.92. The van der Waals surface area contributed by atoms with E-state index in [4.69, 9.17) is 0 Å². The molecule has 1 N–H and O–H groups in total. The van der Waals surface area contributed by atoms with Gasteiger partial charge in [0.15, 0.2) is 0 Å². The van der Waals surface area contributed by atoms with Crippen LogP contribution >= 0.6 is 0 Å². The first-order valence-electron chi connectivity index (χ1n) is 7.15. The average Bonchev–Trinajstić information content (AvgIpc) is 2.42. The van der Waals surface area contributed by atoms with E-state index in [0.717, 1.165) is 19.4 Å². The van der Waals surface area contributed by atoms with Crippen molar-refractivity contribution in [2.45, 2.75) is 51.4 Å². The zero-order valence-electron chi connectivity index (χ0n) is 11.2. The number of hydrogen-bond donors (Lipinski definition) is 1. The number of carbonyl (C=O) groups is 1. The molecule has 0 bridgehead atoms. The number of fused-ring (bicyclic) bond motifs is 1. The molecule has 0 radical (unpaired) electrons. The van der Waals surface area contributed by atoms with Crippen molar-refractivity contribution in [3.05, 3.63) is 35.4 Å². The zero-order valence-corrected chi connectivity index (χ0v) is 11.2. The van der Waals surface area contributed by atoms with Gasteiger partial charge < -0.3 is 5.32 Å². The highest BCUT2D eigenvalue weighted by Crippen LogP contribution is 2.30. The fourth-order valence-corrected chi connectivity index (χ4v) is 2.73. The fraction of sp³-hybridized carbons (Fsp3) is 0.562. The van der Waals surface area contributed by atoms with Crippen LogP contribution in [-0.2, 0) is 11.2 Å². The molecule has 1 aliphatic rings. The van der Waals surface area contributed by atoms with Crippen LogP contribution in [0.1, 0.15) is 56.1 Å².